The van der Waals surface area contributed by atoms with Crippen molar-refractivity contribution in [3.05, 3.63) is 0 Å². The van der Waals surface area contributed by atoms with Gasteiger partial charge in [-0.1, -0.05) is 0 Å². The van der Waals surface area contributed by atoms with Gasteiger partial charge in [0.15, 0.2) is 12.6 Å². The summed E-state index contributed by atoms with van der Waals surface area (Å²) in [4.78, 5) is 10.3. The summed E-state index contributed by atoms with van der Waals surface area (Å²) in [6.07, 6.45) is -15.3. The predicted molar refractivity (Wildman–Crippen MR) is 69.8 cm³/mol. The van der Waals surface area contributed by atoms with Crippen LogP contribution < -0.4 is 0 Å². The highest BCUT2D eigenvalue weighted by Gasteiger charge is 2.44. The van der Waals surface area contributed by atoms with E-state index in [0.29, 0.717) is 0 Å². The summed E-state index contributed by atoms with van der Waals surface area (Å²) in [6, 6.07) is 0. The first-order valence-corrected chi connectivity index (χ1v) is 6.84. The van der Waals surface area contributed by atoms with Gasteiger partial charge in [-0.3, -0.25) is 0 Å². The molecule has 0 spiro atoms. The van der Waals surface area contributed by atoms with Crippen LogP contribution in [0.4, 0.5) is 0 Å². The van der Waals surface area contributed by atoms with E-state index in [1.807, 2.05) is 0 Å². The van der Waals surface area contributed by atoms with E-state index in [-0.39, 0.29) is 6.29 Å². The lowest BCUT2D eigenvalue weighted by Crippen LogP contribution is -2.59. The summed E-state index contributed by atoms with van der Waals surface area (Å²) in [6.45, 7) is -1.37. The summed E-state index contributed by atoms with van der Waals surface area (Å²) in [5, 5.41) is 75.4. The first-order chi connectivity index (χ1) is 10.7. The molecule has 0 unspecified atom stereocenters. The van der Waals surface area contributed by atoms with E-state index < -0.39 is 68.3 Å². The van der Waals surface area contributed by atoms with Crippen molar-refractivity contribution < 1.29 is 55.1 Å². The minimum Gasteiger partial charge on any atom is -0.394 e. The highest BCUT2D eigenvalue weighted by molar-refractivity contribution is 5.56. The van der Waals surface area contributed by atoms with Gasteiger partial charge in [0.1, 0.15) is 48.8 Å². The number of ether oxygens (including phenoxy) is 2. The van der Waals surface area contributed by atoms with Gasteiger partial charge in [0.25, 0.3) is 0 Å². The Kier molecular flexibility index (Phi) is 7.89. The zero-order chi connectivity index (χ0) is 17.7. The van der Waals surface area contributed by atoms with Crippen molar-refractivity contribution in [3.8, 4) is 0 Å². The Morgan fingerprint density at radius 3 is 2.13 bits per heavy atom. The summed E-state index contributed by atoms with van der Waals surface area (Å²) < 4.78 is 9.94. The maximum Gasteiger partial charge on any atom is 0.186 e. The van der Waals surface area contributed by atoms with Gasteiger partial charge in [0.2, 0.25) is 0 Å². The lowest BCUT2D eigenvalue weighted by molar-refractivity contribution is -0.306. The molecule has 1 fully saturated rings. The fourth-order valence-electron chi connectivity index (χ4n) is 2.01. The molecule has 8 N–H and O–H groups in total. The number of aliphatic hydroxyl groups is 8. The molecule has 1 rings (SSSR count). The van der Waals surface area contributed by atoms with Crippen LogP contribution in [-0.4, -0.2) is 115 Å². The summed E-state index contributed by atoms with van der Waals surface area (Å²) >= 11 is 0. The monoisotopic (exact) mass is 342 g/mol. The van der Waals surface area contributed by atoms with Crippen molar-refractivity contribution in [2.24, 2.45) is 0 Å². The van der Waals surface area contributed by atoms with E-state index in [9.17, 15) is 35.4 Å². The molecule has 0 bridgehead atoms. The van der Waals surface area contributed by atoms with E-state index in [0.717, 1.165) is 0 Å². The van der Waals surface area contributed by atoms with Gasteiger partial charge in [-0.15, -0.1) is 0 Å². The molecule has 0 radical (unpaired) electrons. The van der Waals surface area contributed by atoms with Crippen molar-refractivity contribution >= 4 is 6.29 Å². The van der Waals surface area contributed by atoms with Gasteiger partial charge < -0.3 is 55.1 Å². The second kappa shape index (κ2) is 8.94. The number of hydrogen-bond donors (Lipinski definition) is 8. The molecule has 1 heterocycles. The smallest absolute Gasteiger partial charge is 0.186 e. The average molecular weight is 342 g/mol. The molecule has 11 nitrogen and oxygen atoms in total. The third-order valence-electron chi connectivity index (χ3n) is 3.51. The molecular formula is C12H22O11. The molecule has 0 amide bonds. The fraction of sp³-hybridized carbons (Fsp3) is 0.917. The van der Waals surface area contributed by atoms with E-state index in [1.165, 1.54) is 0 Å². The van der Waals surface area contributed by atoms with Crippen LogP contribution in [0, 0.1) is 0 Å². The number of rotatable bonds is 8. The normalized spacial score (nSPS) is 37.0. The molecule has 136 valence electrons. The summed E-state index contributed by atoms with van der Waals surface area (Å²) in [7, 11) is 0. The lowest BCUT2D eigenvalue weighted by Gasteiger charge is -2.40. The second-order valence-electron chi connectivity index (χ2n) is 5.21. The molecule has 1 saturated heterocycles. The van der Waals surface area contributed by atoms with Crippen LogP contribution in [0.25, 0.3) is 0 Å². The first kappa shape index (κ1) is 20.3. The zero-order valence-electron chi connectivity index (χ0n) is 12.0. The standard InChI is InChI=1S/C12H22O11/c13-1-4(15)7(17)8(18)5(16)3-22-12-11(21)10(20)9(19)6(2-14)23-12/h1,4-12,14-21H,2-3H2/t4-,5-,6-,7-,8-,9-,10+,11-,12+/m1/s1. The van der Waals surface area contributed by atoms with Crippen LogP contribution >= 0.6 is 0 Å². The van der Waals surface area contributed by atoms with Gasteiger partial charge in [-0.05, 0) is 0 Å². The van der Waals surface area contributed by atoms with E-state index in [1.54, 1.807) is 0 Å². The SMILES string of the molecule is O=C[C@@H](O)[C@@H](O)[C@H](O)[C@H](O)CO[C@H]1O[C@H](CO)[C@@H](O)[C@H](O)[C@H]1O. The van der Waals surface area contributed by atoms with Crippen molar-refractivity contribution in [2.45, 2.75) is 55.1 Å². The van der Waals surface area contributed by atoms with Gasteiger partial charge in [0.05, 0.1) is 13.2 Å². The van der Waals surface area contributed by atoms with Crippen LogP contribution in [0.1, 0.15) is 0 Å². The Morgan fingerprint density at radius 2 is 1.61 bits per heavy atom. The average Bonchev–Trinajstić information content (AvgIpc) is 2.56. The number of hydrogen-bond acceptors (Lipinski definition) is 11. The Morgan fingerprint density at radius 1 is 1.00 bits per heavy atom. The maximum atomic E-state index is 10.3. The highest BCUT2D eigenvalue weighted by atomic mass is 16.7. The van der Waals surface area contributed by atoms with E-state index >= 15 is 0 Å². The highest BCUT2D eigenvalue weighted by Crippen LogP contribution is 2.22. The van der Waals surface area contributed by atoms with E-state index in [2.05, 4.69) is 0 Å². The molecule has 11 heteroatoms. The minimum atomic E-state index is -1.96. The van der Waals surface area contributed by atoms with Crippen LogP contribution in [0.15, 0.2) is 0 Å². The predicted octanol–water partition coefficient (Wildman–Crippen LogP) is -5.55. The molecule has 0 aromatic heterocycles. The molecule has 0 aliphatic carbocycles. The largest absolute Gasteiger partial charge is 0.394 e. The number of aldehydes is 1. The Bertz CT molecular complexity index is 365. The Balaban J connectivity index is 2.57. The van der Waals surface area contributed by atoms with E-state index in [4.69, 9.17) is 19.7 Å². The number of aliphatic hydroxyl groups excluding tert-OH is 8. The van der Waals surface area contributed by atoms with Gasteiger partial charge >= 0.3 is 0 Å². The number of carbonyl (C=O) groups excluding carboxylic acids is 1. The van der Waals surface area contributed by atoms with Gasteiger partial charge in [0, 0.05) is 0 Å². The Labute approximate surface area is 130 Å². The lowest BCUT2D eigenvalue weighted by atomic mass is 9.99. The molecule has 0 saturated carbocycles. The van der Waals surface area contributed by atoms with Gasteiger partial charge in [-0.2, -0.15) is 0 Å². The second-order valence-corrected chi connectivity index (χ2v) is 5.21. The first-order valence-electron chi connectivity index (χ1n) is 6.84. The molecule has 23 heavy (non-hydrogen) atoms. The fourth-order valence-corrected chi connectivity index (χ4v) is 2.01. The quantitative estimate of drug-likeness (QED) is 0.196. The van der Waals surface area contributed by atoms with Crippen molar-refractivity contribution in [1.29, 1.82) is 0 Å². The van der Waals surface area contributed by atoms with Crippen molar-refractivity contribution in [2.75, 3.05) is 13.2 Å². The molecular weight excluding hydrogens is 320 g/mol. The van der Waals surface area contributed by atoms with Crippen molar-refractivity contribution in [3.63, 3.8) is 0 Å². The van der Waals surface area contributed by atoms with Crippen LogP contribution in [0.5, 0.6) is 0 Å². The topological polar surface area (TPSA) is 197 Å². The zero-order valence-corrected chi connectivity index (χ0v) is 12.0. The number of carbonyl (C=O) groups is 1. The summed E-state index contributed by atoms with van der Waals surface area (Å²) in [5.41, 5.74) is 0. The van der Waals surface area contributed by atoms with Crippen LogP contribution in [-0.2, 0) is 14.3 Å². The maximum absolute atomic E-state index is 10.3. The van der Waals surface area contributed by atoms with Crippen LogP contribution in [0.3, 0.4) is 0 Å². The third kappa shape index (κ3) is 4.87. The molecule has 1 aliphatic rings. The van der Waals surface area contributed by atoms with Gasteiger partial charge in [-0.25, -0.2) is 0 Å². The molecule has 0 aromatic carbocycles. The summed E-state index contributed by atoms with van der Waals surface area (Å²) in [5.74, 6) is 0. The molecule has 1 aliphatic heterocycles. The minimum absolute atomic E-state index is 0.0287. The molecule has 9 atom stereocenters. The Hall–Kier alpha value is -0.730. The van der Waals surface area contributed by atoms with Crippen LogP contribution in [0.2, 0.25) is 0 Å². The van der Waals surface area contributed by atoms with Crippen molar-refractivity contribution in [1.82, 2.24) is 0 Å². The molecule has 0 aromatic rings. The third-order valence-corrected chi connectivity index (χ3v) is 3.51.